The van der Waals surface area contributed by atoms with Crippen molar-refractivity contribution in [3.8, 4) is 34.1 Å². The standard InChI is InChI=1S/C32H22F2N2O10/c33-23-15-20(19-1-4-21(5-2-19)45-31(41)17-35-27(37)9-10-28(35)38)3-7-25(23)43-13-14-44-26-8-6-22(16-24(26)34)46-32(42)18-36-29(39)11-12-30(36)40/h1-12,15-16H,13-14,17-18H2. The third kappa shape index (κ3) is 7.48. The normalized spacial score (nSPS) is 13.9. The summed E-state index contributed by atoms with van der Waals surface area (Å²) in [5.41, 5.74) is 1.10. The first-order chi connectivity index (χ1) is 22.1. The van der Waals surface area contributed by atoms with E-state index < -0.39 is 60.3 Å². The van der Waals surface area contributed by atoms with Gasteiger partial charge in [-0.25, -0.2) is 18.4 Å². The number of benzene rings is 3. The fourth-order valence-electron chi connectivity index (χ4n) is 4.24. The Morgan fingerprint density at radius 1 is 0.543 bits per heavy atom. The molecule has 2 aliphatic heterocycles. The molecule has 0 atom stereocenters. The van der Waals surface area contributed by atoms with Gasteiger partial charge in [-0.2, -0.15) is 0 Å². The van der Waals surface area contributed by atoms with Gasteiger partial charge < -0.3 is 18.9 Å². The summed E-state index contributed by atoms with van der Waals surface area (Å²) in [6.07, 6.45) is 4.17. The minimum atomic E-state index is -0.942. The zero-order valence-corrected chi connectivity index (χ0v) is 23.6. The summed E-state index contributed by atoms with van der Waals surface area (Å²) >= 11 is 0. The largest absolute Gasteiger partial charge is 0.487 e. The minimum absolute atomic E-state index is 0.0775. The first-order valence-corrected chi connectivity index (χ1v) is 13.5. The first kappa shape index (κ1) is 31.3. The summed E-state index contributed by atoms with van der Waals surface area (Å²) in [6.45, 7) is -1.45. The van der Waals surface area contributed by atoms with Gasteiger partial charge in [-0.15, -0.1) is 0 Å². The lowest BCUT2D eigenvalue weighted by atomic mass is 10.1. The number of hydrogen-bond donors (Lipinski definition) is 0. The van der Waals surface area contributed by atoms with Crippen molar-refractivity contribution < 1.29 is 56.5 Å². The van der Waals surface area contributed by atoms with E-state index in [2.05, 4.69) is 0 Å². The third-order valence-electron chi connectivity index (χ3n) is 6.46. The lowest BCUT2D eigenvalue weighted by Gasteiger charge is -2.13. The molecule has 234 valence electrons. The van der Waals surface area contributed by atoms with Crippen molar-refractivity contribution in [2.24, 2.45) is 0 Å². The van der Waals surface area contributed by atoms with Crippen molar-refractivity contribution in [3.63, 3.8) is 0 Å². The van der Waals surface area contributed by atoms with Crippen LogP contribution < -0.4 is 18.9 Å². The molecule has 46 heavy (non-hydrogen) atoms. The summed E-state index contributed by atoms with van der Waals surface area (Å²) in [5, 5.41) is 0. The molecule has 0 radical (unpaired) electrons. The lowest BCUT2D eigenvalue weighted by Crippen LogP contribution is -2.36. The molecule has 3 aromatic carbocycles. The molecule has 0 bridgehead atoms. The number of rotatable bonds is 12. The van der Waals surface area contributed by atoms with Gasteiger partial charge >= 0.3 is 11.9 Å². The van der Waals surface area contributed by atoms with E-state index >= 15 is 0 Å². The van der Waals surface area contributed by atoms with Crippen LogP contribution in [0.5, 0.6) is 23.0 Å². The van der Waals surface area contributed by atoms with Crippen molar-refractivity contribution in [3.05, 3.63) is 96.6 Å². The monoisotopic (exact) mass is 632 g/mol. The highest BCUT2D eigenvalue weighted by Crippen LogP contribution is 2.28. The van der Waals surface area contributed by atoms with Gasteiger partial charge in [0.25, 0.3) is 23.6 Å². The second-order valence-corrected chi connectivity index (χ2v) is 9.60. The molecule has 12 nitrogen and oxygen atoms in total. The van der Waals surface area contributed by atoms with Crippen molar-refractivity contribution in [2.45, 2.75) is 0 Å². The summed E-state index contributed by atoms with van der Waals surface area (Å²) in [6, 6.07) is 13.7. The van der Waals surface area contributed by atoms with Gasteiger partial charge in [0.15, 0.2) is 23.1 Å². The Kier molecular flexibility index (Phi) is 9.26. The van der Waals surface area contributed by atoms with E-state index in [4.69, 9.17) is 18.9 Å². The van der Waals surface area contributed by atoms with E-state index in [0.717, 1.165) is 35.3 Å². The molecule has 4 amide bonds. The Morgan fingerprint density at radius 2 is 0.957 bits per heavy atom. The molecule has 0 aromatic heterocycles. The molecule has 0 fully saturated rings. The molecule has 0 saturated carbocycles. The molecule has 0 saturated heterocycles. The predicted octanol–water partition coefficient (Wildman–Crippen LogP) is 2.75. The molecule has 2 aliphatic rings. The maximum atomic E-state index is 14.7. The number of imide groups is 2. The van der Waals surface area contributed by atoms with E-state index in [-0.39, 0.29) is 36.2 Å². The van der Waals surface area contributed by atoms with Gasteiger partial charge in [0.05, 0.1) is 0 Å². The summed E-state index contributed by atoms with van der Waals surface area (Å²) in [4.78, 5) is 71.8. The van der Waals surface area contributed by atoms with Gasteiger partial charge in [-0.05, 0) is 47.5 Å². The van der Waals surface area contributed by atoms with Crippen LogP contribution in [-0.4, -0.2) is 71.7 Å². The fraction of sp³-hybridized carbons (Fsp3) is 0.125. The minimum Gasteiger partial charge on any atom is -0.487 e. The topological polar surface area (TPSA) is 146 Å². The molecule has 3 aromatic rings. The molecule has 0 unspecified atom stereocenters. The first-order valence-electron chi connectivity index (χ1n) is 13.5. The van der Waals surface area contributed by atoms with Crippen LogP contribution in [0.1, 0.15) is 0 Å². The van der Waals surface area contributed by atoms with Gasteiger partial charge in [-0.3, -0.25) is 29.0 Å². The van der Waals surface area contributed by atoms with Crippen LogP contribution in [0.2, 0.25) is 0 Å². The van der Waals surface area contributed by atoms with Crippen LogP contribution in [0, 0.1) is 11.6 Å². The number of esters is 2. The maximum Gasteiger partial charge on any atom is 0.331 e. The Balaban J connectivity index is 1.07. The zero-order chi connectivity index (χ0) is 32.8. The molecule has 0 N–H and O–H groups in total. The third-order valence-corrected chi connectivity index (χ3v) is 6.46. The average Bonchev–Trinajstić information content (AvgIpc) is 3.51. The van der Waals surface area contributed by atoms with Crippen LogP contribution in [-0.2, 0) is 28.8 Å². The highest BCUT2D eigenvalue weighted by molar-refractivity contribution is 6.14. The highest BCUT2D eigenvalue weighted by Gasteiger charge is 2.27. The van der Waals surface area contributed by atoms with Gasteiger partial charge in [0.1, 0.15) is 37.8 Å². The molecule has 2 heterocycles. The van der Waals surface area contributed by atoms with Gasteiger partial charge in [-0.1, -0.05) is 18.2 Å². The van der Waals surface area contributed by atoms with Crippen LogP contribution in [0.15, 0.2) is 85.0 Å². The van der Waals surface area contributed by atoms with E-state index in [1.807, 2.05) is 0 Å². The Morgan fingerprint density at radius 3 is 1.43 bits per heavy atom. The van der Waals surface area contributed by atoms with Gasteiger partial charge in [0.2, 0.25) is 0 Å². The van der Waals surface area contributed by atoms with Crippen molar-refractivity contribution >= 4 is 35.6 Å². The summed E-state index contributed by atoms with van der Waals surface area (Å²) in [5.74, 6) is -6.06. The molecule has 0 spiro atoms. The Labute approximate surface area is 259 Å². The van der Waals surface area contributed by atoms with E-state index in [0.29, 0.717) is 16.0 Å². The molecule has 0 aliphatic carbocycles. The number of ether oxygens (including phenoxy) is 4. The molecular weight excluding hydrogens is 610 g/mol. The number of halogens is 2. The fourth-order valence-corrected chi connectivity index (χ4v) is 4.24. The quantitative estimate of drug-likeness (QED) is 0.126. The van der Waals surface area contributed by atoms with Crippen LogP contribution in [0.4, 0.5) is 8.78 Å². The second-order valence-electron chi connectivity index (χ2n) is 9.60. The molecule has 14 heteroatoms. The molecule has 5 rings (SSSR count). The van der Waals surface area contributed by atoms with Crippen molar-refractivity contribution in [1.29, 1.82) is 0 Å². The molecular formula is C32H22F2N2O10. The number of carbonyl (C=O) groups is 6. The lowest BCUT2D eigenvalue weighted by molar-refractivity contribution is -0.146. The van der Waals surface area contributed by atoms with Gasteiger partial charge in [0, 0.05) is 30.4 Å². The number of hydrogen-bond acceptors (Lipinski definition) is 10. The van der Waals surface area contributed by atoms with E-state index in [1.165, 1.54) is 36.4 Å². The van der Waals surface area contributed by atoms with Crippen LogP contribution >= 0.6 is 0 Å². The van der Waals surface area contributed by atoms with Crippen LogP contribution in [0.25, 0.3) is 11.1 Å². The Bertz CT molecular complexity index is 1770. The smallest absolute Gasteiger partial charge is 0.331 e. The second kappa shape index (κ2) is 13.6. The summed E-state index contributed by atoms with van der Waals surface area (Å²) in [7, 11) is 0. The Hall–Kier alpha value is -6.18. The number of nitrogens with zero attached hydrogens (tertiary/aromatic N) is 2. The maximum absolute atomic E-state index is 14.7. The van der Waals surface area contributed by atoms with E-state index in [1.54, 1.807) is 18.2 Å². The number of carbonyl (C=O) groups excluding carboxylic acids is 6. The highest BCUT2D eigenvalue weighted by atomic mass is 19.1. The predicted molar refractivity (Wildman–Crippen MR) is 152 cm³/mol. The number of amides is 4. The van der Waals surface area contributed by atoms with Crippen molar-refractivity contribution in [2.75, 3.05) is 26.3 Å². The average molecular weight is 633 g/mol. The zero-order valence-electron chi connectivity index (χ0n) is 23.6. The van der Waals surface area contributed by atoms with E-state index in [9.17, 15) is 37.5 Å². The SMILES string of the molecule is O=C(CN1C(=O)C=CC1=O)Oc1ccc(-c2ccc(OCCOc3ccc(OC(=O)CN4C(=O)C=CC4=O)cc3F)c(F)c2)cc1. The van der Waals surface area contributed by atoms with Crippen molar-refractivity contribution in [1.82, 2.24) is 9.80 Å². The van der Waals surface area contributed by atoms with Crippen LogP contribution in [0.3, 0.4) is 0 Å². The summed E-state index contributed by atoms with van der Waals surface area (Å²) < 4.78 is 50.1.